The first-order valence-corrected chi connectivity index (χ1v) is 7.11. The van der Waals surface area contributed by atoms with E-state index in [1.165, 1.54) is 0 Å². The van der Waals surface area contributed by atoms with Crippen LogP contribution in [0.25, 0.3) is 0 Å². The monoisotopic (exact) mass is 285 g/mol. The Labute approximate surface area is 116 Å². The number of ether oxygens (including phenoxy) is 1. The normalized spacial score (nSPS) is 10.0. The number of nitrogens with one attached hydrogen (secondary N) is 4. The Hall–Kier alpha value is -1.70. The van der Waals surface area contributed by atoms with Crippen LogP contribution in [0.3, 0.4) is 0 Å². The largest absolute Gasteiger partial charge is 0.450 e. The molecule has 1 aromatic heterocycles. The highest BCUT2D eigenvalue weighted by atomic mass is 32.2. The number of guanidine groups is 1. The number of imidazole rings is 1. The van der Waals surface area contributed by atoms with Gasteiger partial charge in [-0.15, -0.1) is 0 Å². The Balaban J connectivity index is 2.06. The van der Waals surface area contributed by atoms with Gasteiger partial charge in [0, 0.05) is 23.7 Å². The van der Waals surface area contributed by atoms with Gasteiger partial charge in [0.05, 0.1) is 18.6 Å². The molecule has 106 valence electrons. The van der Waals surface area contributed by atoms with E-state index in [4.69, 9.17) is 5.41 Å². The number of carbonyl (C=O) groups is 1. The van der Waals surface area contributed by atoms with Gasteiger partial charge in [0.15, 0.2) is 5.96 Å². The molecular formula is C11H19N5O2S. The van der Waals surface area contributed by atoms with Crippen molar-refractivity contribution >= 4 is 23.8 Å². The van der Waals surface area contributed by atoms with Gasteiger partial charge in [0.1, 0.15) is 0 Å². The predicted octanol–water partition coefficient (Wildman–Crippen LogP) is 1.22. The van der Waals surface area contributed by atoms with Gasteiger partial charge in [-0.2, -0.15) is 11.8 Å². The van der Waals surface area contributed by atoms with Gasteiger partial charge in [-0.3, -0.25) is 10.7 Å². The van der Waals surface area contributed by atoms with Crippen LogP contribution in [0.4, 0.5) is 4.79 Å². The SMILES string of the molecule is CCOC(=O)NC(=N)NCCSCc1[nH]cnc1C. The molecule has 0 aliphatic heterocycles. The van der Waals surface area contributed by atoms with E-state index in [1.807, 2.05) is 6.92 Å². The molecule has 0 spiro atoms. The first-order chi connectivity index (χ1) is 9.13. The third kappa shape index (κ3) is 6.14. The van der Waals surface area contributed by atoms with Gasteiger partial charge in [0.2, 0.25) is 0 Å². The summed E-state index contributed by atoms with van der Waals surface area (Å²) >= 11 is 1.72. The molecular weight excluding hydrogens is 266 g/mol. The zero-order chi connectivity index (χ0) is 14.1. The van der Waals surface area contributed by atoms with Crippen molar-refractivity contribution in [3.05, 3.63) is 17.7 Å². The second-order valence-corrected chi connectivity index (χ2v) is 4.77. The topological polar surface area (TPSA) is 103 Å². The number of nitrogens with zero attached hydrogens (tertiary/aromatic N) is 1. The van der Waals surface area contributed by atoms with E-state index in [2.05, 4.69) is 25.3 Å². The van der Waals surface area contributed by atoms with Crippen molar-refractivity contribution in [3.63, 3.8) is 0 Å². The number of thioether (sulfide) groups is 1. The molecule has 19 heavy (non-hydrogen) atoms. The van der Waals surface area contributed by atoms with Crippen molar-refractivity contribution in [2.45, 2.75) is 19.6 Å². The molecule has 0 saturated carbocycles. The molecule has 1 aromatic rings. The smallest absolute Gasteiger partial charge is 0.413 e. The molecule has 0 saturated heterocycles. The fourth-order valence-corrected chi connectivity index (χ4v) is 2.16. The second kappa shape index (κ2) is 8.41. The Kier molecular flexibility index (Phi) is 6.80. The van der Waals surface area contributed by atoms with Crippen LogP contribution in [0.5, 0.6) is 0 Å². The van der Waals surface area contributed by atoms with E-state index in [0.717, 1.165) is 22.9 Å². The number of aromatic amines is 1. The Morgan fingerprint density at radius 3 is 3.05 bits per heavy atom. The minimum atomic E-state index is -0.610. The first kappa shape index (κ1) is 15.4. The summed E-state index contributed by atoms with van der Waals surface area (Å²) in [6.07, 6.45) is 1.07. The summed E-state index contributed by atoms with van der Waals surface area (Å²) in [7, 11) is 0. The van der Waals surface area contributed by atoms with Crippen molar-refractivity contribution in [1.82, 2.24) is 20.6 Å². The molecule has 1 rings (SSSR count). The molecule has 0 atom stereocenters. The molecule has 1 amide bonds. The van der Waals surface area contributed by atoms with Gasteiger partial charge < -0.3 is 15.0 Å². The predicted molar refractivity (Wildman–Crippen MR) is 75.4 cm³/mol. The van der Waals surface area contributed by atoms with E-state index < -0.39 is 6.09 Å². The Bertz CT molecular complexity index is 421. The summed E-state index contributed by atoms with van der Waals surface area (Å²) in [6.45, 7) is 4.57. The highest BCUT2D eigenvalue weighted by Crippen LogP contribution is 2.11. The lowest BCUT2D eigenvalue weighted by Crippen LogP contribution is -2.41. The molecule has 0 fully saturated rings. The average molecular weight is 285 g/mol. The number of aromatic nitrogens is 2. The second-order valence-electron chi connectivity index (χ2n) is 3.67. The van der Waals surface area contributed by atoms with Crippen LogP contribution in [-0.2, 0) is 10.5 Å². The number of carbonyl (C=O) groups excluding carboxylic acids is 1. The molecule has 0 aliphatic rings. The number of hydrogen-bond acceptors (Lipinski definition) is 5. The van der Waals surface area contributed by atoms with E-state index in [-0.39, 0.29) is 5.96 Å². The molecule has 1 heterocycles. The lowest BCUT2D eigenvalue weighted by molar-refractivity contribution is 0.157. The van der Waals surface area contributed by atoms with Gasteiger partial charge in [0.25, 0.3) is 0 Å². The van der Waals surface area contributed by atoms with Crippen molar-refractivity contribution in [2.75, 3.05) is 18.9 Å². The molecule has 0 aliphatic carbocycles. The maximum absolute atomic E-state index is 11.0. The zero-order valence-electron chi connectivity index (χ0n) is 11.1. The molecule has 0 unspecified atom stereocenters. The first-order valence-electron chi connectivity index (χ1n) is 5.96. The number of amides is 1. The highest BCUT2D eigenvalue weighted by Gasteiger charge is 2.04. The molecule has 4 N–H and O–H groups in total. The minimum Gasteiger partial charge on any atom is -0.450 e. The van der Waals surface area contributed by atoms with Crippen molar-refractivity contribution in [1.29, 1.82) is 5.41 Å². The van der Waals surface area contributed by atoms with E-state index in [9.17, 15) is 4.79 Å². The van der Waals surface area contributed by atoms with Crippen molar-refractivity contribution in [3.8, 4) is 0 Å². The Morgan fingerprint density at radius 2 is 2.42 bits per heavy atom. The standard InChI is InChI=1S/C11H19N5O2S/c1-3-18-11(17)16-10(12)13-4-5-19-6-9-8(2)14-7-15-9/h7H,3-6H2,1-2H3,(H,14,15)(H3,12,13,16,17). The van der Waals surface area contributed by atoms with Gasteiger partial charge in [-0.25, -0.2) is 9.78 Å². The summed E-state index contributed by atoms with van der Waals surface area (Å²) in [4.78, 5) is 18.2. The lowest BCUT2D eigenvalue weighted by Gasteiger charge is -2.08. The van der Waals surface area contributed by atoms with Crippen LogP contribution in [-0.4, -0.2) is 40.9 Å². The molecule has 0 aromatic carbocycles. The number of aryl methyl sites for hydroxylation is 1. The zero-order valence-corrected chi connectivity index (χ0v) is 11.9. The van der Waals surface area contributed by atoms with Gasteiger partial charge in [-0.1, -0.05) is 0 Å². The molecule has 0 radical (unpaired) electrons. The number of hydrogen-bond donors (Lipinski definition) is 4. The summed E-state index contributed by atoms with van der Waals surface area (Å²) in [6, 6.07) is 0. The molecule has 7 nitrogen and oxygen atoms in total. The maximum atomic E-state index is 11.0. The summed E-state index contributed by atoms with van der Waals surface area (Å²) < 4.78 is 4.65. The average Bonchev–Trinajstić information content (AvgIpc) is 2.75. The Morgan fingerprint density at radius 1 is 1.63 bits per heavy atom. The fraction of sp³-hybridized carbons (Fsp3) is 0.545. The molecule has 0 bridgehead atoms. The summed E-state index contributed by atoms with van der Waals surface area (Å²) in [5, 5.41) is 12.5. The highest BCUT2D eigenvalue weighted by molar-refractivity contribution is 7.98. The van der Waals surface area contributed by atoms with Crippen LogP contribution in [0.2, 0.25) is 0 Å². The number of alkyl carbamates (subject to hydrolysis) is 1. The quantitative estimate of drug-likeness (QED) is 0.357. The van der Waals surface area contributed by atoms with Crippen LogP contribution in [0.15, 0.2) is 6.33 Å². The van der Waals surface area contributed by atoms with Crippen LogP contribution in [0, 0.1) is 12.3 Å². The number of rotatable bonds is 6. The lowest BCUT2D eigenvalue weighted by atomic mass is 10.4. The maximum Gasteiger partial charge on any atom is 0.413 e. The van der Waals surface area contributed by atoms with Gasteiger partial charge >= 0.3 is 6.09 Å². The van der Waals surface area contributed by atoms with E-state index in [0.29, 0.717) is 13.2 Å². The van der Waals surface area contributed by atoms with Gasteiger partial charge in [-0.05, 0) is 13.8 Å². The van der Waals surface area contributed by atoms with Crippen molar-refractivity contribution < 1.29 is 9.53 Å². The molecule has 8 heteroatoms. The van der Waals surface area contributed by atoms with E-state index >= 15 is 0 Å². The fourth-order valence-electron chi connectivity index (χ4n) is 1.27. The van der Waals surface area contributed by atoms with Crippen molar-refractivity contribution in [2.24, 2.45) is 0 Å². The van der Waals surface area contributed by atoms with Crippen LogP contribution in [0.1, 0.15) is 18.3 Å². The minimum absolute atomic E-state index is 0.0447. The van der Waals surface area contributed by atoms with Crippen LogP contribution >= 0.6 is 11.8 Å². The third-order valence-corrected chi connectivity index (χ3v) is 3.22. The van der Waals surface area contributed by atoms with E-state index in [1.54, 1.807) is 25.0 Å². The summed E-state index contributed by atoms with van der Waals surface area (Å²) in [5.41, 5.74) is 2.13. The summed E-state index contributed by atoms with van der Waals surface area (Å²) in [5.74, 6) is 1.63. The third-order valence-electron chi connectivity index (χ3n) is 2.23. The van der Waals surface area contributed by atoms with Crippen LogP contribution < -0.4 is 10.6 Å². The number of H-pyrrole nitrogens is 1.